The minimum absolute atomic E-state index is 0.0214. The van der Waals surface area contributed by atoms with Gasteiger partial charge in [-0.05, 0) is 74.1 Å². The molecule has 11 heteroatoms. The van der Waals surface area contributed by atoms with Crippen molar-refractivity contribution >= 4 is 21.5 Å². The first kappa shape index (κ1) is 21.3. The van der Waals surface area contributed by atoms with Crippen LogP contribution in [0.3, 0.4) is 0 Å². The molecule has 9 nitrogen and oxygen atoms in total. The van der Waals surface area contributed by atoms with Crippen molar-refractivity contribution in [1.82, 2.24) is 29.9 Å². The molecule has 0 unspecified atom stereocenters. The number of hydrogen-bond acceptors (Lipinski definition) is 7. The number of pyridine rings is 1. The normalized spacial score (nSPS) is 13.5. The van der Waals surface area contributed by atoms with Crippen molar-refractivity contribution in [3.05, 3.63) is 59.8 Å². The number of aromatic amines is 1. The van der Waals surface area contributed by atoms with E-state index in [1.54, 1.807) is 35.4 Å². The lowest BCUT2D eigenvalue weighted by Crippen LogP contribution is -2.08. The summed E-state index contributed by atoms with van der Waals surface area (Å²) in [6.45, 7) is 3.81. The minimum Gasteiger partial charge on any atom is -0.322 e. The molecular weight excluding hydrogens is 445 g/mol. The summed E-state index contributed by atoms with van der Waals surface area (Å²) in [7, 11) is -3.97. The number of nitrogens with one attached hydrogen (secondary N) is 2. The molecule has 0 bridgehead atoms. The van der Waals surface area contributed by atoms with Crippen LogP contribution in [0.15, 0.2) is 53.0 Å². The number of nitrogens with zero attached hydrogens (tertiary/aromatic N) is 5. The van der Waals surface area contributed by atoms with Crippen molar-refractivity contribution in [3.63, 3.8) is 0 Å². The van der Waals surface area contributed by atoms with E-state index in [1.165, 1.54) is 12.1 Å². The maximum Gasteiger partial charge on any atom is 0.260 e. The van der Waals surface area contributed by atoms with E-state index in [0.29, 0.717) is 29.7 Å². The summed E-state index contributed by atoms with van der Waals surface area (Å²) >= 11 is 0. The monoisotopic (exact) mass is 467 g/mol. The zero-order chi connectivity index (χ0) is 23.2. The van der Waals surface area contributed by atoms with Gasteiger partial charge in [0, 0.05) is 30.2 Å². The summed E-state index contributed by atoms with van der Waals surface area (Å²) in [5.41, 5.74) is 3.61. The highest BCUT2D eigenvalue weighted by Gasteiger charge is 2.27. The number of sulfone groups is 1. The Kier molecular flexibility index (Phi) is 5.20. The van der Waals surface area contributed by atoms with Crippen LogP contribution in [0.25, 0.3) is 11.1 Å². The zero-order valence-corrected chi connectivity index (χ0v) is 18.9. The van der Waals surface area contributed by atoms with Gasteiger partial charge in [0.2, 0.25) is 5.95 Å². The Morgan fingerprint density at radius 1 is 1.15 bits per heavy atom. The molecule has 0 fully saturated rings. The lowest BCUT2D eigenvalue weighted by atomic mass is 9.97. The van der Waals surface area contributed by atoms with Gasteiger partial charge in [-0.1, -0.05) is 0 Å². The third kappa shape index (κ3) is 3.78. The van der Waals surface area contributed by atoms with Crippen molar-refractivity contribution < 1.29 is 12.8 Å². The second-order valence-corrected chi connectivity index (χ2v) is 9.96. The molecule has 1 aliphatic carbocycles. The molecule has 0 amide bonds. The van der Waals surface area contributed by atoms with Gasteiger partial charge in [-0.3, -0.25) is 9.67 Å². The molecule has 170 valence electrons. The molecule has 2 N–H and O–H groups in total. The predicted octanol–water partition coefficient (Wildman–Crippen LogP) is 3.85. The summed E-state index contributed by atoms with van der Waals surface area (Å²) in [4.78, 5) is 8.20. The average molecular weight is 468 g/mol. The van der Waals surface area contributed by atoms with Crippen LogP contribution >= 0.6 is 0 Å². The van der Waals surface area contributed by atoms with Gasteiger partial charge in [-0.15, -0.1) is 5.10 Å². The van der Waals surface area contributed by atoms with Gasteiger partial charge in [0.05, 0.1) is 5.69 Å². The van der Waals surface area contributed by atoms with Gasteiger partial charge in [0.1, 0.15) is 5.82 Å². The van der Waals surface area contributed by atoms with Crippen LogP contribution in [-0.4, -0.2) is 38.4 Å². The number of fused-ring (bicyclic) bond motifs is 1. The molecule has 1 aromatic carbocycles. The number of halogens is 1. The van der Waals surface area contributed by atoms with E-state index >= 15 is 0 Å². The van der Waals surface area contributed by atoms with Crippen molar-refractivity contribution in [2.75, 3.05) is 5.32 Å². The minimum atomic E-state index is -3.97. The molecule has 33 heavy (non-hydrogen) atoms. The van der Waals surface area contributed by atoms with Gasteiger partial charge >= 0.3 is 0 Å². The van der Waals surface area contributed by atoms with E-state index in [9.17, 15) is 12.8 Å². The van der Waals surface area contributed by atoms with Crippen LogP contribution < -0.4 is 5.32 Å². The van der Waals surface area contributed by atoms with Crippen LogP contribution in [-0.2, 0) is 22.7 Å². The highest BCUT2D eigenvalue weighted by Crippen LogP contribution is 2.40. The molecule has 0 spiro atoms. The van der Waals surface area contributed by atoms with Gasteiger partial charge in [0.25, 0.3) is 15.0 Å². The number of benzene rings is 1. The number of rotatable bonds is 6. The summed E-state index contributed by atoms with van der Waals surface area (Å²) in [6, 6.07) is 6.53. The largest absolute Gasteiger partial charge is 0.322 e. The highest BCUT2D eigenvalue weighted by molar-refractivity contribution is 7.91. The predicted molar refractivity (Wildman–Crippen MR) is 119 cm³/mol. The number of anilines is 2. The number of H-pyrrole nitrogens is 1. The SMILES string of the molecule is CC(C)n1ccc(S(=O)(=O)c2nc(Nc3c(-c4ccncc4)cc(F)c4c3CCC4)n[nH]2)n1. The smallest absolute Gasteiger partial charge is 0.260 e. The van der Waals surface area contributed by atoms with Crippen LogP contribution in [0.1, 0.15) is 37.4 Å². The summed E-state index contributed by atoms with van der Waals surface area (Å²) in [6.07, 6.45) is 7.08. The molecule has 0 aliphatic heterocycles. The van der Waals surface area contributed by atoms with Gasteiger partial charge in [-0.2, -0.15) is 10.1 Å². The Hall–Kier alpha value is -3.60. The third-order valence-corrected chi connectivity index (χ3v) is 7.14. The first-order valence-corrected chi connectivity index (χ1v) is 12.1. The first-order chi connectivity index (χ1) is 15.8. The Bertz CT molecular complexity index is 1430. The van der Waals surface area contributed by atoms with Crippen molar-refractivity contribution in [2.45, 2.75) is 49.3 Å². The highest BCUT2D eigenvalue weighted by atomic mass is 32.2. The number of hydrogen-bond donors (Lipinski definition) is 2. The maximum absolute atomic E-state index is 14.8. The van der Waals surface area contributed by atoms with Crippen LogP contribution in [0.5, 0.6) is 0 Å². The summed E-state index contributed by atoms with van der Waals surface area (Å²) in [5.74, 6) is -0.174. The fraction of sp³-hybridized carbons (Fsp3) is 0.273. The first-order valence-electron chi connectivity index (χ1n) is 10.6. The van der Waals surface area contributed by atoms with Gasteiger partial charge in [-0.25, -0.2) is 17.9 Å². The maximum atomic E-state index is 14.8. The van der Waals surface area contributed by atoms with Crippen molar-refractivity contribution in [1.29, 1.82) is 0 Å². The quantitative estimate of drug-likeness (QED) is 0.442. The Morgan fingerprint density at radius 3 is 2.64 bits per heavy atom. The standard InChI is InChI=1S/C22H22FN7O2S/c1-13(2)30-11-8-19(29-30)33(31,32)22-26-21(27-28-22)25-20-16-5-3-4-15(16)18(23)12-17(20)14-6-9-24-10-7-14/h6-13H,3-5H2,1-2H3,(H2,25,26,27,28). The van der Waals surface area contributed by atoms with E-state index in [1.807, 2.05) is 13.8 Å². The molecule has 0 atom stereocenters. The van der Waals surface area contributed by atoms with Crippen molar-refractivity contribution in [3.8, 4) is 11.1 Å². The topological polar surface area (TPSA) is 118 Å². The average Bonchev–Trinajstić information content (AvgIpc) is 3.56. The third-order valence-electron chi connectivity index (χ3n) is 5.68. The Balaban J connectivity index is 1.53. The van der Waals surface area contributed by atoms with E-state index < -0.39 is 9.84 Å². The molecule has 5 rings (SSSR count). The molecule has 0 saturated heterocycles. The molecule has 3 aromatic heterocycles. The lowest BCUT2D eigenvalue weighted by molar-refractivity contribution is 0.515. The molecule has 4 aromatic rings. The molecular formula is C22H22FN7O2S. The zero-order valence-electron chi connectivity index (χ0n) is 18.1. The molecule has 0 saturated carbocycles. The summed E-state index contributed by atoms with van der Waals surface area (Å²) < 4.78 is 42.3. The van der Waals surface area contributed by atoms with E-state index in [2.05, 4.69) is 30.6 Å². The van der Waals surface area contributed by atoms with E-state index in [4.69, 9.17) is 0 Å². The lowest BCUT2D eigenvalue weighted by Gasteiger charge is -2.16. The Labute approximate surface area is 190 Å². The fourth-order valence-electron chi connectivity index (χ4n) is 4.02. The second-order valence-electron chi connectivity index (χ2n) is 8.15. The fourth-order valence-corrected chi connectivity index (χ4v) is 5.03. The van der Waals surface area contributed by atoms with Gasteiger partial charge in [0.15, 0.2) is 5.03 Å². The Morgan fingerprint density at radius 2 is 1.91 bits per heavy atom. The van der Waals surface area contributed by atoms with E-state index in [-0.39, 0.29) is 28.0 Å². The van der Waals surface area contributed by atoms with Gasteiger partial charge < -0.3 is 5.32 Å². The number of aromatic nitrogens is 6. The molecule has 3 heterocycles. The van der Waals surface area contributed by atoms with Crippen molar-refractivity contribution in [2.24, 2.45) is 0 Å². The summed E-state index contributed by atoms with van der Waals surface area (Å²) in [5, 5.41) is 13.4. The van der Waals surface area contributed by atoms with Crippen LogP contribution in [0, 0.1) is 5.82 Å². The second kappa shape index (κ2) is 8.07. The molecule has 0 radical (unpaired) electrons. The van der Waals surface area contributed by atoms with E-state index in [0.717, 1.165) is 17.5 Å². The van der Waals surface area contributed by atoms with Crippen LogP contribution in [0.2, 0.25) is 0 Å². The van der Waals surface area contributed by atoms with Crippen LogP contribution in [0.4, 0.5) is 16.0 Å². The molecule has 1 aliphatic rings.